The lowest BCUT2D eigenvalue weighted by atomic mass is 9.32. The molecule has 0 aliphatic carbocycles. The monoisotopic (exact) mass is 626 g/mol. The van der Waals surface area contributed by atoms with Crippen LogP contribution in [0.4, 0.5) is 0 Å². The number of pyridine rings is 2. The number of hydrogen-bond acceptors (Lipinski definition) is 3. The smallest absolute Gasteiger partial charge is 0.243 e. The molecule has 0 aliphatic rings. The number of aromatic nitrogens is 2. The molecule has 4 aromatic carbocycles. The first-order chi connectivity index (χ1) is 23.0. The number of rotatable bonds is 7. The molecule has 0 spiro atoms. The minimum Gasteiger partial charge on any atom is -0.298 e. The summed E-state index contributed by atoms with van der Waals surface area (Å²) in [6.45, 7) is 20.3. The lowest BCUT2D eigenvalue weighted by molar-refractivity contribution is 0.112. The first-order valence-corrected chi connectivity index (χ1v) is 16.7. The van der Waals surface area contributed by atoms with Crippen LogP contribution in [0.3, 0.4) is 0 Å². The summed E-state index contributed by atoms with van der Waals surface area (Å²) in [4.78, 5) is 20.5. The zero-order valence-electron chi connectivity index (χ0n) is 29.6. The van der Waals surface area contributed by atoms with Crippen molar-refractivity contribution in [1.29, 1.82) is 0 Å². The summed E-state index contributed by atoms with van der Waals surface area (Å²) < 4.78 is 0. The Hall–Kier alpha value is -5.09. The fraction of sp³-hybridized carbons (Fsp3) is 0.205. The molecule has 2 heterocycles. The van der Waals surface area contributed by atoms with Gasteiger partial charge in [0.15, 0.2) is 0 Å². The van der Waals surface area contributed by atoms with Gasteiger partial charge in [0, 0.05) is 41.5 Å². The SMILES string of the molecule is Cc1cc(C)c(-c2ccc(C=O)cc2)c(C)c1B(c1c(C)cc(C)c(-c2cccnc2)c1C)c1c(C)cc(C)c(-c2cccnc2)c1C. The molecule has 6 aromatic rings. The predicted octanol–water partition coefficient (Wildman–Crippen LogP) is 8.58. The number of benzene rings is 4. The molecule has 238 valence electrons. The summed E-state index contributed by atoms with van der Waals surface area (Å²) in [5, 5.41) is 0. The molecular formula is C44H43BN2O. The van der Waals surface area contributed by atoms with E-state index >= 15 is 0 Å². The van der Waals surface area contributed by atoms with Crippen LogP contribution in [0.15, 0.2) is 91.5 Å². The van der Waals surface area contributed by atoms with E-state index in [1.807, 2.05) is 49.1 Å². The van der Waals surface area contributed by atoms with Gasteiger partial charge in [-0.15, -0.1) is 0 Å². The fourth-order valence-electron chi connectivity index (χ4n) is 8.45. The summed E-state index contributed by atoms with van der Waals surface area (Å²) in [5.74, 6) is 0. The van der Waals surface area contributed by atoms with Gasteiger partial charge in [-0.3, -0.25) is 14.8 Å². The second kappa shape index (κ2) is 13.2. The number of carbonyl (C=O) groups is 1. The highest BCUT2D eigenvalue weighted by Crippen LogP contribution is 2.32. The second-order valence-corrected chi connectivity index (χ2v) is 13.4. The molecule has 0 saturated heterocycles. The van der Waals surface area contributed by atoms with Crippen molar-refractivity contribution < 1.29 is 4.79 Å². The van der Waals surface area contributed by atoms with E-state index in [1.165, 1.54) is 83.1 Å². The lowest BCUT2D eigenvalue weighted by Gasteiger charge is -2.31. The number of hydrogen-bond donors (Lipinski definition) is 0. The van der Waals surface area contributed by atoms with Crippen LogP contribution in [-0.4, -0.2) is 23.0 Å². The van der Waals surface area contributed by atoms with Crippen LogP contribution in [0.2, 0.25) is 0 Å². The van der Waals surface area contributed by atoms with Gasteiger partial charge in [0.2, 0.25) is 6.71 Å². The molecule has 6 rings (SSSR count). The molecule has 0 unspecified atom stereocenters. The molecule has 0 saturated carbocycles. The van der Waals surface area contributed by atoms with Gasteiger partial charge in [0.1, 0.15) is 6.29 Å². The predicted molar refractivity (Wildman–Crippen MR) is 204 cm³/mol. The van der Waals surface area contributed by atoms with Crippen molar-refractivity contribution in [2.75, 3.05) is 0 Å². The molecule has 4 heteroatoms. The highest BCUT2D eigenvalue weighted by Gasteiger charge is 2.34. The Bertz CT molecular complexity index is 2070. The van der Waals surface area contributed by atoms with Gasteiger partial charge in [-0.05, 0) is 130 Å². The third-order valence-corrected chi connectivity index (χ3v) is 10.2. The van der Waals surface area contributed by atoms with Crippen molar-refractivity contribution in [3.05, 3.63) is 147 Å². The van der Waals surface area contributed by atoms with E-state index in [0.29, 0.717) is 5.56 Å². The van der Waals surface area contributed by atoms with Crippen molar-refractivity contribution in [3.63, 3.8) is 0 Å². The molecule has 0 radical (unpaired) electrons. The zero-order chi connectivity index (χ0) is 34.3. The number of carbonyl (C=O) groups excluding carboxylic acids is 1. The molecule has 0 aliphatic heterocycles. The van der Waals surface area contributed by atoms with Crippen LogP contribution in [0.1, 0.15) is 60.4 Å². The maximum Gasteiger partial charge on any atom is 0.243 e. The summed E-state index contributed by atoms with van der Waals surface area (Å²) in [7, 11) is 0. The van der Waals surface area contributed by atoms with Crippen LogP contribution >= 0.6 is 0 Å². The lowest BCUT2D eigenvalue weighted by Crippen LogP contribution is -2.58. The van der Waals surface area contributed by atoms with Crippen LogP contribution in [-0.2, 0) is 0 Å². The standard InChI is InChI=1S/C44H43BN2O/c1-26-20-29(4)42(32(7)39(26)36-16-14-35(25-48)15-17-36)45(43-30(5)21-27(2)40(33(43)8)37-12-10-18-46-23-37)44-31(6)22-28(3)41(34(44)9)38-13-11-19-47-24-38/h10-25H,1-9H3. The van der Waals surface area contributed by atoms with Crippen molar-refractivity contribution in [3.8, 4) is 33.4 Å². The van der Waals surface area contributed by atoms with Gasteiger partial charge in [0.25, 0.3) is 0 Å². The van der Waals surface area contributed by atoms with E-state index in [2.05, 4.69) is 115 Å². The molecule has 0 bridgehead atoms. The number of aldehydes is 1. The van der Waals surface area contributed by atoms with Gasteiger partial charge >= 0.3 is 0 Å². The van der Waals surface area contributed by atoms with Crippen LogP contribution in [0.5, 0.6) is 0 Å². The van der Waals surface area contributed by atoms with E-state index < -0.39 is 0 Å². The Morgan fingerprint density at radius 2 is 0.854 bits per heavy atom. The summed E-state index contributed by atoms with van der Waals surface area (Å²) >= 11 is 0. The fourth-order valence-corrected chi connectivity index (χ4v) is 8.45. The Kier molecular flexibility index (Phi) is 9.03. The first kappa shape index (κ1) is 32.8. The third-order valence-electron chi connectivity index (χ3n) is 10.2. The normalized spacial score (nSPS) is 11.1. The topological polar surface area (TPSA) is 42.9 Å². The van der Waals surface area contributed by atoms with E-state index in [4.69, 9.17) is 0 Å². The second-order valence-electron chi connectivity index (χ2n) is 13.4. The highest BCUT2D eigenvalue weighted by atomic mass is 16.1. The minimum absolute atomic E-state index is 0.0364. The Morgan fingerprint density at radius 3 is 1.19 bits per heavy atom. The van der Waals surface area contributed by atoms with Crippen molar-refractivity contribution >= 4 is 29.4 Å². The average Bonchev–Trinajstić information content (AvgIpc) is 3.05. The number of aryl methyl sites for hydroxylation is 6. The van der Waals surface area contributed by atoms with Gasteiger partial charge < -0.3 is 0 Å². The molecule has 0 atom stereocenters. The van der Waals surface area contributed by atoms with E-state index in [1.54, 1.807) is 0 Å². The Labute approximate surface area is 286 Å². The van der Waals surface area contributed by atoms with Crippen LogP contribution in [0.25, 0.3) is 33.4 Å². The Morgan fingerprint density at radius 1 is 0.479 bits per heavy atom. The quantitative estimate of drug-likeness (QED) is 0.132. The van der Waals surface area contributed by atoms with Gasteiger partial charge in [-0.25, -0.2) is 0 Å². The van der Waals surface area contributed by atoms with Gasteiger partial charge in [0.05, 0.1) is 0 Å². The Balaban J connectivity index is 1.76. The first-order valence-electron chi connectivity index (χ1n) is 16.7. The molecule has 0 N–H and O–H groups in total. The maximum absolute atomic E-state index is 11.5. The highest BCUT2D eigenvalue weighted by molar-refractivity contribution is 6.97. The molecular weight excluding hydrogens is 583 g/mol. The number of nitrogens with zero attached hydrogens (tertiary/aromatic N) is 2. The third kappa shape index (κ3) is 5.70. The van der Waals surface area contributed by atoms with Crippen molar-refractivity contribution in [1.82, 2.24) is 9.97 Å². The van der Waals surface area contributed by atoms with Gasteiger partial charge in [-0.1, -0.05) is 87.7 Å². The summed E-state index contributed by atoms with van der Waals surface area (Å²) in [5.41, 5.74) is 23.2. The molecule has 3 nitrogen and oxygen atoms in total. The van der Waals surface area contributed by atoms with Gasteiger partial charge in [-0.2, -0.15) is 0 Å². The van der Waals surface area contributed by atoms with Crippen molar-refractivity contribution in [2.24, 2.45) is 0 Å². The molecule has 0 fully saturated rings. The summed E-state index contributed by atoms with van der Waals surface area (Å²) in [6.07, 6.45) is 8.55. The minimum atomic E-state index is -0.0364. The van der Waals surface area contributed by atoms with Crippen LogP contribution < -0.4 is 16.4 Å². The van der Waals surface area contributed by atoms with Crippen molar-refractivity contribution in [2.45, 2.75) is 62.3 Å². The van der Waals surface area contributed by atoms with E-state index in [0.717, 1.165) is 23.0 Å². The molecule has 48 heavy (non-hydrogen) atoms. The summed E-state index contributed by atoms with van der Waals surface area (Å²) in [6, 6.07) is 23.4. The zero-order valence-corrected chi connectivity index (χ0v) is 29.6. The average molecular weight is 627 g/mol. The van der Waals surface area contributed by atoms with E-state index in [-0.39, 0.29) is 6.71 Å². The van der Waals surface area contributed by atoms with E-state index in [9.17, 15) is 4.79 Å². The maximum atomic E-state index is 11.5. The molecule has 0 amide bonds. The largest absolute Gasteiger partial charge is 0.298 e. The molecule has 2 aromatic heterocycles. The van der Waals surface area contributed by atoms with Crippen LogP contribution in [0, 0.1) is 62.3 Å².